The van der Waals surface area contributed by atoms with Crippen molar-refractivity contribution in [3.63, 3.8) is 0 Å². The first-order valence-electron chi connectivity index (χ1n) is 11.4. The van der Waals surface area contributed by atoms with E-state index in [-0.39, 0.29) is 17.3 Å². The fraction of sp³-hybridized carbons (Fsp3) is 0.444. The van der Waals surface area contributed by atoms with Gasteiger partial charge in [0.25, 0.3) is 0 Å². The zero-order chi connectivity index (χ0) is 21.8. The lowest BCUT2D eigenvalue weighted by molar-refractivity contribution is 0.0734. The molecule has 2 saturated carbocycles. The quantitative estimate of drug-likeness (QED) is 0.258. The fourth-order valence-corrected chi connectivity index (χ4v) is 5.66. The number of fused-ring (bicyclic) bond motifs is 1. The van der Waals surface area contributed by atoms with Crippen molar-refractivity contribution >= 4 is 17.6 Å². The highest BCUT2D eigenvalue weighted by Gasteiger charge is 2.36. The number of esters is 1. The van der Waals surface area contributed by atoms with E-state index in [9.17, 15) is 9.18 Å². The second-order valence-electron chi connectivity index (χ2n) is 9.15. The number of benzene rings is 2. The van der Waals surface area contributed by atoms with E-state index < -0.39 is 5.97 Å². The molecular formula is C27H30ClFO2. The van der Waals surface area contributed by atoms with Gasteiger partial charge in [0.1, 0.15) is 11.6 Å². The number of carbonyl (C=O) groups excluding carboxylic acids is 1. The third-order valence-corrected chi connectivity index (χ3v) is 7.45. The monoisotopic (exact) mass is 440 g/mol. The maximum absolute atomic E-state index is 15.0. The van der Waals surface area contributed by atoms with Crippen molar-refractivity contribution in [2.45, 2.75) is 57.3 Å². The number of ether oxygens (including phenoxy) is 1. The number of carbonyl (C=O) groups is 1. The molecule has 0 amide bonds. The van der Waals surface area contributed by atoms with Crippen LogP contribution in [-0.2, 0) is 0 Å². The summed E-state index contributed by atoms with van der Waals surface area (Å²) in [6.07, 6.45) is 11.5. The molecule has 0 bridgehead atoms. The first-order chi connectivity index (χ1) is 15.0. The van der Waals surface area contributed by atoms with Crippen LogP contribution in [0.5, 0.6) is 5.75 Å². The van der Waals surface area contributed by atoms with Crippen molar-refractivity contribution in [2.24, 2.45) is 17.8 Å². The molecule has 0 saturated heterocycles. The number of hydrogen-bond donors (Lipinski definition) is 0. The van der Waals surface area contributed by atoms with E-state index in [1.165, 1.54) is 38.2 Å². The van der Waals surface area contributed by atoms with Crippen LogP contribution >= 0.6 is 11.6 Å². The van der Waals surface area contributed by atoms with Gasteiger partial charge in [-0.2, -0.15) is 0 Å². The lowest BCUT2D eigenvalue weighted by atomic mass is 9.63. The molecule has 2 nitrogen and oxygen atoms in total. The minimum atomic E-state index is -0.561. The van der Waals surface area contributed by atoms with Crippen molar-refractivity contribution in [3.05, 3.63) is 77.1 Å². The second kappa shape index (κ2) is 9.99. The van der Waals surface area contributed by atoms with Gasteiger partial charge in [-0.3, -0.25) is 0 Å². The van der Waals surface area contributed by atoms with E-state index in [2.05, 4.69) is 6.58 Å². The highest BCUT2D eigenvalue weighted by Crippen LogP contribution is 2.48. The number of hydrogen-bond acceptors (Lipinski definition) is 2. The molecule has 31 heavy (non-hydrogen) atoms. The van der Waals surface area contributed by atoms with Gasteiger partial charge in [0.2, 0.25) is 0 Å². The molecule has 0 spiro atoms. The van der Waals surface area contributed by atoms with Crippen LogP contribution < -0.4 is 4.74 Å². The molecule has 4 atom stereocenters. The van der Waals surface area contributed by atoms with E-state index >= 15 is 0 Å². The topological polar surface area (TPSA) is 26.3 Å². The van der Waals surface area contributed by atoms with E-state index in [1.54, 1.807) is 36.4 Å². The van der Waals surface area contributed by atoms with Crippen LogP contribution in [0.15, 0.2) is 55.1 Å². The minimum absolute atomic E-state index is 0.229. The Bertz CT molecular complexity index is 923. The summed E-state index contributed by atoms with van der Waals surface area (Å²) >= 11 is 5.85. The van der Waals surface area contributed by atoms with E-state index in [0.717, 1.165) is 36.7 Å². The van der Waals surface area contributed by atoms with Crippen LogP contribution in [0.1, 0.15) is 73.2 Å². The molecule has 4 heteroatoms. The second-order valence-corrected chi connectivity index (χ2v) is 9.59. The molecule has 0 heterocycles. The lowest BCUT2D eigenvalue weighted by Crippen LogP contribution is -2.30. The van der Waals surface area contributed by atoms with Crippen LogP contribution in [0.3, 0.4) is 0 Å². The molecule has 0 aliphatic heterocycles. The summed E-state index contributed by atoms with van der Waals surface area (Å²) < 4.78 is 20.3. The summed E-state index contributed by atoms with van der Waals surface area (Å²) in [5.41, 5.74) is 0.975. The van der Waals surface area contributed by atoms with Crippen LogP contribution in [0.25, 0.3) is 0 Å². The molecule has 2 aromatic carbocycles. The van der Waals surface area contributed by atoms with E-state index in [1.807, 2.05) is 6.08 Å². The summed E-state index contributed by atoms with van der Waals surface area (Å²) in [6, 6.07) is 11.3. The third kappa shape index (κ3) is 5.38. The lowest BCUT2D eigenvalue weighted by Gasteiger charge is -2.42. The van der Waals surface area contributed by atoms with Gasteiger partial charge in [-0.15, -0.1) is 6.58 Å². The summed E-state index contributed by atoms with van der Waals surface area (Å²) in [4.78, 5) is 12.4. The average molecular weight is 441 g/mol. The fourth-order valence-electron chi connectivity index (χ4n) is 5.54. The average Bonchev–Trinajstić information content (AvgIpc) is 2.78. The Kier molecular flexibility index (Phi) is 7.12. The van der Waals surface area contributed by atoms with Gasteiger partial charge < -0.3 is 4.74 Å². The van der Waals surface area contributed by atoms with Gasteiger partial charge in [-0.1, -0.05) is 30.2 Å². The number of rotatable bonds is 6. The van der Waals surface area contributed by atoms with Crippen LogP contribution in [0.2, 0.25) is 5.02 Å². The van der Waals surface area contributed by atoms with Crippen molar-refractivity contribution in [2.75, 3.05) is 0 Å². The summed E-state index contributed by atoms with van der Waals surface area (Å²) in [7, 11) is 0. The van der Waals surface area contributed by atoms with E-state index in [0.29, 0.717) is 16.7 Å². The molecule has 0 radical (unpaired) electrons. The van der Waals surface area contributed by atoms with Gasteiger partial charge in [-0.05, 0) is 111 Å². The minimum Gasteiger partial charge on any atom is -0.423 e. The molecule has 0 aromatic heterocycles. The molecule has 4 rings (SSSR count). The molecule has 2 aliphatic carbocycles. The molecule has 0 N–H and O–H groups in total. The molecule has 2 aromatic rings. The van der Waals surface area contributed by atoms with Crippen molar-refractivity contribution in [3.8, 4) is 5.75 Å². The van der Waals surface area contributed by atoms with Gasteiger partial charge >= 0.3 is 5.97 Å². The molecular weight excluding hydrogens is 411 g/mol. The Morgan fingerprint density at radius 3 is 2.55 bits per heavy atom. The molecule has 4 unspecified atom stereocenters. The Morgan fingerprint density at radius 2 is 1.81 bits per heavy atom. The first-order valence-corrected chi connectivity index (χ1v) is 11.8. The van der Waals surface area contributed by atoms with Crippen molar-refractivity contribution < 1.29 is 13.9 Å². The van der Waals surface area contributed by atoms with E-state index in [4.69, 9.17) is 16.3 Å². The van der Waals surface area contributed by atoms with Crippen LogP contribution in [-0.4, -0.2) is 5.97 Å². The molecule has 2 aliphatic rings. The normalized spacial score (nSPS) is 25.5. The van der Waals surface area contributed by atoms with Gasteiger partial charge in [-0.25, -0.2) is 9.18 Å². The maximum atomic E-state index is 15.0. The Balaban J connectivity index is 1.38. The van der Waals surface area contributed by atoms with Gasteiger partial charge in [0, 0.05) is 5.02 Å². The largest absolute Gasteiger partial charge is 0.423 e. The van der Waals surface area contributed by atoms with Gasteiger partial charge in [0.05, 0.1) is 5.56 Å². The Morgan fingerprint density at radius 1 is 1.06 bits per heavy atom. The zero-order valence-electron chi connectivity index (χ0n) is 17.9. The van der Waals surface area contributed by atoms with Crippen LogP contribution in [0, 0.1) is 23.6 Å². The third-order valence-electron chi connectivity index (χ3n) is 7.20. The predicted molar refractivity (Wildman–Crippen MR) is 123 cm³/mol. The summed E-state index contributed by atoms with van der Waals surface area (Å²) in [5, 5.41) is 0.565. The maximum Gasteiger partial charge on any atom is 0.343 e. The van der Waals surface area contributed by atoms with Crippen molar-refractivity contribution in [1.29, 1.82) is 0 Å². The number of allylic oxidation sites excluding steroid dienone is 1. The molecule has 164 valence electrons. The summed E-state index contributed by atoms with van der Waals surface area (Å²) in [6.45, 7) is 3.85. The SMILES string of the molecule is C=CCCC1CCC2CC(c3ccc(C(=O)Oc4ccc(Cl)cc4)cc3F)CCC2C1. The number of halogens is 2. The smallest absolute Gasteiger partial charge is 0.343 e. The van der Waals surface area contributed by atoms with Crippen molar-refractivity contribution in [1.82, 2.24) is 0 Å². The van der Waals surface area contributed by atoms with Gasteiger partial charge in [0.15, 0.2) is 0 Å². The zero-order valence-corrected chi connectivity index (χ0v) is 18.6. The Labute approximate surface area is 189 Å². The highest BCUT2D eigenvalue weighted by molar-refractivity contribution is 6.30. The Hall–Kier alpha value is -2.13. The predicted octanol–water partition coefficient (Wildman–Crippen LogP) is 7.96. The molecule has 2 fully saturated rings. The highest BCUT2D eigenvalue weighted by atomic mass is 35.5. The van der Waals surface area contributed by atoms with Crippen LogP contribution in [0.4, 0.5) is 4.39 Å². The summed E-state index contributed by atoms with van der Waals surface area (Å²) in [5.74, 6) is 2.10. The standard InChI is InChI=1S/C27H30ClFO2/c1-2-3-4-18-5-6-20-16-21(8-7-19(20)15-18)25-14-9-22(17-26(25)29)27(30)31-24-12-10-23(28)11-13-24/h2,9-14,17-21H,1,3-8,15-16H2. The first kappa shape index (κ1) is 22.1.